The molecule has 2 heterocycles. The highest BCUT2D eigenvalue weighted by atomic mass is 35.5. The average molecular weight is 460 g/mol. The van der Waals surface area contributed by atoms with E-state index in [1.165, 1.54) is 11.3 Å². The Morgan fingerprint density at radius 2 is 1.81 bits per heavy atom. The van der Waals surface area contributed by atoms with Gasteiger partial charge in [-0.15, -0.1) is 11.3 Å². The molecular formula is C23H26ClN3O3S. The number of nitrogens with one attached hydrogen (secondary N) is 2. The van der Waals surface area contributed by atoms with Crippen LogP contribution in [0.5, 0.6) is 0 Å². The lowest BCUT2D eigenvalue weighted by molar-refractivity contribution is -0.120. The summed E-state index contributed by atoms with van der Waals surface area (Å²) in [7, 11) is 0. The zero-order valence-corrected chi connectivity index (χ0v) is 18.8. The Labute approximate surface area is 191 Å². The van der Waals surface area contributed by atoms with Gasteiger partial charge in [0.15, 0.2) is 0 Å². The standard InChI is InChI=1S/C23H26ClN3O3S/c24-20-13-12-19(31-20)23(30)26-18-6-4-5-17(18)22(29)25-15-8-10-16(11-9-15)27-14-3-1-2-7-21(27)28/h8-13,17-18H,1-7,14H2,(H,25,29)(H,26,30)/t17-,18+/m0/s1. The van der Waals surface area contributed by atoms with Crippen molar-refractivity contribution in [3.8, 4) is 0 Å². The zero-order chi connectivity index (χ0) is 21.8. The van der Waals surface area contributed by atoms with Gasteiger partial charge in [-0.2, -0.15) is 0 Å². The van der Waals surface area contributed by atoms with Crippen LogP contribution in [0.25, 0.3) is 0 Å². The summed E-state index contributed by atoms with van der Waals surface area (Å²) < 4.78 is 0.566. The third-order valence-corrected chi connectivity index (χ3v) is 7.22. The van der Waals surface area contributed by atoms with E-state index in [4.69, 9.17) is 11.6 Å². The SMILES string of the molecule is O=C(N[C@@H]1CCC[C@@H]1C(=O)Nc1ccc(N2CCCCCC2=O)cc1)c1ccc(Cl)s1. The topological polar surface area (TPSA) is 78.5 Å². The van der Waals surface area contributed by atoms with Crippen molar-refractivity contribution in [3.05, 3.63) is 45.6 Å². The Hall–Kier alpha value is -2.38. The van der Waals surface area contributed by atoms with Crippen LogP contribution in [0.3, 0.4) is 0 Å². The summed E-state index contributed by atoms with van der Waals surface area (Å²) >= 11 is 7.15. The number of benzene rings is 1. The Kier molecular flexibility index (Phi) is 6.92. The fraction of sp³-hybridized carbons (Fsp3) is 0.435. The van der Waals surface area contributed by atoms with Crippen LogP contribution in [0.15, 0.2) is 36.4 Å². The summed E-state index contributed by atoms with van der Waals surface area (Å²) in [4.78, 5) is 40.0. The summed E-state index contributed by atoms with van der Waals surface area (Å²) in [6.45, 7) is 0.740. The maximum Gasteiger partial charge on any atom is 0.261 e. The minimum Gasteiger partial charge on any atom is -0.348 e. The second kappa shape index (κ2) is 9.83. The van der Waals surface area contributed by atoms with Crippen LogP contribution in [0.4, 0.5) is 11.4 Å². The third-order valence-electron chi connectivity index (χ3n) is 5.99. The number of carbonyl (C=O) groups excluding carboxylic acids is 3. The molecule has 2 atom stereocenters. The second-order valence-corrected chi connectivity index (χ2v) is 9.83. The van der Waals surface area contributed by atoms with Crippen molar-refractivity contribution < 1.29 is 14.4 Å². The molecule has 3 amide bonds. The van der Waals surface area contributed by atoms with Gasteiger partial charge >= 0.3 is 0 Å². The lowest BCUT2D eigenvalue weighted by Crippen LogP contribution is -2.41. The van der Waals surface area contributed by atoms with Crippen molar-refractivity contribution in [2.45, 2.75) is 51.0 Å². The second-order valence-electron chi connectivity index (χ2n) is 8.11. The van der Waals surface area contributed by atoms with Crippen molar-refractivity contribution in [2.24, 2.45) is 5.92 Å². The largest absolute Gasteiger partial charge is 0.348 e. The molecule has 8 heteroatoms. The molecule has 1 saturated carbocycles. The highest BCUT2D eigenvalue weighted by molar-refractivity contribution is 7.18. The molecule has 1 aromatic heterocycles. The Morgan fingerprint density at radius 1 is 1.00 bits per heavy atom. The molecule has 1 saturated heterocycles. The lowest BCUT2D eigenvalue weighted by Gasteiger charge is -2.22. The summed E-state index contributed by atoms with van der Waals surface area (Å²) in [5, 5.41) is 5.97. The number of carbonyl (C=O) groups is 3. The van der Waals surface area contributed by atoms with E-state index in [1.54, 1.807) is 12.1 Å². The number of hydrogen-bond acceptors (Lipinski definition) is 4. The summed E-state index contributed by atoms with van der Waals surface area (Å²) in [6, 6.07) is 10.6. The highest BCUT2D eigenvalue weighted by Gasteiger charge is 2.34. The van der Waals surface area contributed by atoms with E-state index in [-0.39, 0.29) is 29.7 Å². The first-order chi connectivity index (χ1) is 15.0. The smallest absolute Gasteiger partial charge is 0.261 e. The minimum atomic E-state index is -0.272. The maximum absolute atomic E-state index is 12.9. The molecule has 0 radical (unpaired) electrons. The molecular weight excluding hydrogens is 434 g/mol. The quantitative estimate of drug-likeness (QED) is 0.671. The minimum absolute atomic E-state index is 0.0920. The van der Waals surface area contributed by atoms with E-state index in [2.05, 4.69) is 10.6 Å². The molecule has 0 spiro atoms. The van der Waals surface area contributed by atoms with Crippen molar-refractivity contribution in [1.82, 2.24) is 5.32 Å². The maximum atomic E-state index is 12.9. The predicted octanol–water partition coefficient (Wildman–Crippen LogP) is 4.85. The van der Waals surface area contributed by atoms with Crippen LogP contribution in [0.1, 0.15) is 54.6 Å². The molecule has 2 aromatic rings. The molecule has 1 aliphatic carbocycles. The van der Waals surface area contributed by atoms with Gasteiger partial charge in [0.05, 0.1) is 15.1 Å². The van der Waals surface area contributed by atoms with Gasteiger partial charge in [0, 0.05) is 30.4 Å². The van der Waals surface area contributed by atoms with Crippen molar-refractivity contribution >= 4 is 52.0 Å². The van der Waals surface area contributed by atoms with E-state index in [0.29, 0.717) is 21.3 Å². The summed E-state index contributed by atoms with van der Waals surface area (Å²) in [5.41, 5.74) is 1.56. The molecule has 2 N–H and O–H groups in total. The fourth-order valence-electron chi connectivity index (χ4n) is 4.34. The van der Waals surface area contributed by atoms with Crippen molar-refractivity contribution in [1.29, 1.82) is 0 Å². The molecule has 0 unspecified atom stereocenters. The predicted molar refractivity (Wildman–Crippen MR) is 124 cm³/mol. The van der Waals surface area contributed by atoms with Gasteiger partial charge < -0.3 is 15.5 Å². The summed E-state index contributed by atoms with van der Waals surface area (Å²) in [6.07, 6.45) is 6.03. The molecule has 1 aliphatic heterocycles. The number of thiophene rings is 1. The molecule has 4 rings (SSSR count). The van der Waals surface area contributed by atoms with Crippen LogP contribution >= 0.6 is 22.9 Å². The van der Waals surface area contributed by atoms with Gasteiger partial charge in [-0.25, -0.2) is 0 Å². The molecule has 0 bridgehead atoms. The van der Waals surface area contributed by atoms with Crippen LogP contribution in [0, 0.1) is 5.92 Å². The molecule has 31 heavy (non-hydrogen) atoms. The number of amides is 3. The van der Waals surface area contributed by atoms with E-state index in [1.807, 2.05) is 29.2 Å². The van der Waals surface area contributed by atoms with Crippen LogP contribution in [0.2, 0.25) is 4.34 Å². The van der Waals surface area contributed by atoms with E-state index in [9.17, 15) is 14.4 Å². The van der Waals surface area contributed by atoms with Gasteiger partial charge in [-0.05, 0) is 62.1 Å². The zero-order valence-electron chi connectivity index (χ0n) is 17.2. The van der Waals surface area contributed by atoms with Gasteiger partial charge in [0.1, 0.15) is 0 Å². The van der Waals surface area contributed by atoms with Crippen LogP contribution in [-0.2, 0) is 9.59 Å². The first kappa shape index (κ1) is 21.8. The normalized spacial score (nSPS) is 21.6. The van der Waals surface area contributed by atoms with Crippen molar-refractivity contribution in [2.75, 3.05) is 16.8 Å². The van der Waals surface area contributed by atoms with E-state index in [0.717, 1.165) is 50.8 Å². The molecule has 1 aromatic carbocycles. The number of rotatable bonds is 5. The van der Waals surface area contributed by atoms with Crippen molar-refractivity contribution in [3.63, 3.8) is 0 Å². The Bertz CT molecular complexity index is 959. The Morgan fingerprint density at radius 3 is 2.55 bits per heavy atom. The van der Waals surface area contributed by atoms with Gasteiger partial charge in [-0.3, -0.25) is 14.4 Å². The number of hydrogen-bond donors (Lipinski definition) is 2. The van der Waals surface area contributed by atoms with Crippen LogP contribution < -0.4 is 15.5 Å². The molecule has 2 aliphatic rings. The van der Waals surface area contributed by atoms with Gasteiger partial charge in [0.2, 0.25) is 11.8 Å². The van der Waals surface area contributed by atoms with E-state index >= 15 is 0 Å². The van der Waals surface area contributed by atoms with E-state index < -0.39 is 0 Å². The number of anilines is 2. The average Bonchev–Trinajstić information content (AvgIpc) is 3.34. The van der Waals surface area contributed by atoms with Gasteiger partial charge in [-0.1, -0.05) is 24.4 Å². The first-order valence-corrected chi connectivity index (χ1v) is 12.0. The van der Waals surface area contributed by atoms with Crippen LogP contribution in [-0.4, -0.2) is 30.3 Å². The number of halogens is 1. The molecule has 2 fully saturated rings. The summed E-state index contributed by atoms with van der Waals surface area (Å²) in [5.74, 6) is -0.393. The number of nitrogens with zero attached hydrogens (tertiary/aromatic N) is 1. The molecule has 164 valence electrons. The van der Waals surface area contributed by atoms with Gasteiger partial charge in [0.25, 0.3) is 5.91 Å². The fourth-order valence-corrected chi connectivity index (χ4v) is 5.28. The third kappa shape index (κ3) is 5.28. The lowest BCUT2D eigenvalue weighted by atomic mass is 10.0. The monoisotopic (exact) mass is 459 g/mol. The Balaban J connectivity index is 1.36. The highest BCUT2D eigenvalue weighted by Crippen LogP contribution is 2.29. The molecule has 6 nitrogen and oxygen atoms in total. The first-order valence-electron chi connectivity index (χ1n) is 10.8.